The van der Waals surface area contributed by atoms with Crippen molar-refractivity contribution in [3.8, 4) is 28.4 Å². The Bertz CT molecular complexity index is 1980. The normalized spacial score (nSPS) is 12.0. The summed E-state index contributed by atoms with van der Waals surface area (Å²) in [5.41, 5.74) is 3.30. The van der Waals surface area contributed by atoms with Gasteiger partial charge in [-0.25, -0.2) is 0 Å². The summed E-state index contributed by atoms with van der Waals surface area (Å²) >= 11 is 1.32. The van der Waals surface area contributed by atoms with Crippen molar-refractivity contribution in [2.45, 2.75) is 72.8 Å². The maximum Gasteiger partial charge on any atom is 0.340 e. The van der Waals surface area contributed by atoms with Gasteiger partial charge in [-0.05, 0) is 102 Å². The average Bonchev–Trinajstić information content (AvgIpc) is 3.18. The van der Waals surface area contributed by atoms with E-state index in [2.05, 4.69) is 6.92 Å². The van der Waals surface area contributed by atoms with Gasteiger partial charge in [0.05, 0.1) is 20.3 Å². The van der Waals surface area contributed by atoms with Crippen LogP contribution in [0.15, 0.2) is 130 Å². The first-order chi connectivity index (χ1) is 25.8. The quantitative estimate of drug-likeness (QED) is 0.0559. The summed E-state index contributed by atoms with van der Waals surface area (Å²) in [6, 6.07) is 34.3. The van der Waals surface area contributed by atoms with Crippen LogP contribution < -0.4 is 13.7 Å². The van der Waals surface area contributed by atoms with Crippen LogP contribution in [0.1, 0.15) is 68.2 Å². The van der Waals surface area contributed by atoms with Gasteiger partial charge in [-0.3, -0.25) is 0 Å². The molecule has 0 saturated heterocycles. The molecule has 2 N–H and O–H groups in total. The van der Waals surface area contributed by atoms with Gasteiger partial charge in [0.25, 0.3) is 0 Å². The summed E-state index contributed by atoms with van der Waals surface area (Å²) in [5.74, 6) is 1.48. The predicted octanol–water partition coefficient (Wildman–Crippen LogP) is 9.61. The smallest absolute Gasteiger partial charge is 0.340 e. The lowest BCUT2D eigenvalue weighted by atomic mass is 9.91. The molecule has 0 aromatic heterocycles. The number of hydrogen-bond acceptors (Lipinski definition) is 9. The molecule has 0 saturated carbocycles. The van der Waals surface area contributed by atoms with Crippen molar-refractivity contribution >= 4 is 21.9 Å². The van der Waals surface area contributed by atoms with Crippen molar-refractivity contribution in [1.29, 1.82) is 0 Å². The van der Waals surface area contributed by atoms with Crippen LogP contribution in [-0.2, 0) is 21.5 Å². The zero-order chi connectivity index (χ0) is 37.5. The third-order valence-electron chi connectivity index (χ3n) is 8.60. The molecule has 8 nitrogen and oxygen atoms in total. The molecule has 280 valence electrons. The van der Waals surface area contributed by atoms with Gasteiger partial charge in [0.1, 0.15) is 28.2 Å². The molecule has 0 amide bonds. The molecular weight excluding hydrogens is 709 g/mol. The van der Waals surface area contributed by atoms with E-state index in [-0.39, 0.29) is 17.3 Å². The molecule has 0 heterocycles. The third kappa shape index (κ3) is 11.3. The lowest BCUT2D eigenvalue weighted by Gasteiger charge is -2.20. The summed E-state index contributed by atoms with van der Waals surface area (Å²) in [4.78, 5) is 1.33. The Kier molecular flexibility index (Phi) is 15.2. The van der Waals surface area contributed by atoms with E-state index in [4.69, 9.17) is 23.5 Å². The third-order valence-corrected chi connectivity index (χ3v) is 11.1. The summed E-state index contributed by atoms with van der Waals surface area (Å²) < 4.78 is 51.0. The van der Waals surface area contributed by atoms with Crippen molar-refractivity contribution in [1.82, 2.24) is 0 Å². The van der Waals surface area contributed by atoms with E-state index in [0.29, 0.717) is 52.7 Å². The van der Waals surface area contributed by atoms with Gasteiger partial charge >= 0.3 is 10.1 Å². The maximum absolute atomic E-state index is 14.0. The predicted molar refractivity (Wildman–Crippen MR) is 209 cm³/mol. The van der Waals surface area contributed by atoms with Crippen LogP contribution in [0.25, 0.3) is 11.1 Å². The molecule has 0 spiro atoms. The monoisotopic (exact) mass is 756 g/mol. The molecule has 0 aliphatic heterocycles. The largest absolute Gasteiger partial charge is 0.496 e. The lowest BCUT2D eigenvalue weighted by Crippen LogP contribution is -2.11. The first-order valence-electron chi connectivity index (χ1n) is 18.0. The van der Waals surface area contributed by atoms with Crippen LogP contribution in [-0.4, -0.2) is 45.6 Å². The minimum absolute atomic E-state index is 0.00417. The fraction of sp³-hybridized carbons (Fsp3) is 0.302. The zero-order valence-corrected chi connectivity index (χ0v) is 31.9. The Labute approximate surface area is 317 Å². The highest BCUT2D eigenvalue weighted by Crippen LogP contribution is 2.40. The van der Waals surface area contributed by atoms with Crippen molar-refractivity contribution in [2.75, 3.05) is 26.9 Å². The molecule has 0 radical (unpaired) electrons. The van der Waals surface area contributed by atoms with E-state index in [1.54, 1.807) is 49.6 Å². The van der Waals surface area contributed by atoms with Gasteiger partial charge in [-0.15, -0.1) is 0 Å². The van der Waals surface area contributed by atoms with E-state index in [0.717, 1.165) is 54.7 Å². The molecule has 0 aliphatic carbocycles. The maximum atomic E-state index is 14.0. The van der Waals surface area contributed by atoms with Crippen LogP contribution in [0.2, 0.25) is 0 Å². The summed E-state index contributed by atoms with van der Waals surface area (Å²) in [7, 11) is -2.73. The number of unbranched alkanes of at least 4 members (excludes halogenated alkanes) is 4. The van der Waals surface area contributed by atoms with Gasteiger partial charge < -0.3 is 28.6 Å². The fourth-order valence-corrected chi connectivity index (χ4v) is 8.07. The highest BCUT2D eigenvalue weighted by Gasteiger charge is 2.25. The number of para-hydroxylation sites is 1. The molecule has 0 bridgehead atoms. The van der Waals surface area contributed by atoms with Gasteiger partial charge in [0, 0.05) is 28.6 Å². The van der Waals surface area contributed by atoms with E-state index in [1.165, 1.54) is 11.8 Å². The highest BCUT2D eigenvalue weighted by molar-refractivity contribution is 8.00. The number of hydrogen-bond donors (Lipinski definition) is 2. The Hall–Kier alpha value is -4.32. The molecule has 1 atom stereocenters. The molecular formula is C43H48O8S2. The highest BCUT2D eigenvalue weighted by atomic mass is 32.2. The number of aliphatic hydroxyl groups excluding tert-OH is 2. The second-order valence-electron chi connectivity index (χ2n) is 12.5. The van der Waals surface area contributed by atoms with Gasteiger partial charge in [-0.1, -0.05) is 92.5 Å². The minimum Gasteiger partial charge on any atom is -0.496 e. The molecule has 53 heavy (non-hydrogen) atoms. The molecule has 0 fully saturated rings. The van der Waals surface area contributed by atoms with Gasteiger partial charge in [-0.2, -0.15) is 8.42 Å². The van der Waals surface area contributed by atoms with E-state index in [1.807, 2.05) is 72.8 Å². The van der Waals surface area contributed by atoms with Crippen LogP contribution >= 0.6 is 11.8 Å². The number of ether oxygens (including phenoxy) is 3. The second kappa shape index (κ2) is 20.2. The van der Waals surface area contributed by atoms with Crippen LogP contribution in [0.4, 0.5) is 0 Å². The summed E-state index contributed by atoms with van der Waals surface area (Å²) in [5, 5.41) is 20.9. The van der Waals surface area contributed by atoms with Crippen molar-refractivity contribution in [3.63, 3.8) is 0 Å². The van der Waals surface area contributed by atoms with Crippen molar-refractivity contribution < 1.29 is 37.0 Å². The number of aliphatic hydroxyl groups is 2. The Morgan fingerprint density at radius 3 is 2.25 bits per heavy atom. The van der Waals surface area contributed by atoms with Crippen LogP contribution in [0.5, 0.6) is 17.2 Å². The van der Waals surface area contributed by atoms with E-state index >= 15 is 0 Å². The number of methoxy groups -OCH3 is 1. The Morgan fingerprint density at radius 1 is 0.736 bits per heavy atom. The average molecular weight is 757 g/mol. The first kappa shape index (κ1) is 39.9. The van der Waals surface area contributed by atoms with E-state index in [9.17, 15) is 13.5 Å². The molecule has 5 rings (SSSR count). The van der Waals surface area contributed by atoms with Crippen molar-refractivity contribution in [2.24, 2.45) is 0 Å². The first-order valence-corrected chi connectivity index (χ1v) is 20.2. The van der Waals surface area contributed by atoms with Gasteiger partial charge in [0.2, 0.25) is 0 Å². The van der Waals surface area contributed by atoms with Crippen LogP contribution in [0, 0.1) is 0 Å². The zero-order valence-electron chi connectivity index (χ0n) is 30.3. The molecule has 1 unspecified atom stereocenters. The summed E-state index contributed by atoms with van der Waals surface area (Å²) in [6.45, 7) is 3.94. The Balaban J connectivity index is 1.46. The Morgan fingerprint density at radius 2 is 1.49 bits per heavy atom. The fourth-order valence-electron chi connectivity index (χ4n) is 5.78. The van der Waals surface area contributed by atoms with E-state index < -0.39 is 16.2 Å². The molecule has 10 heteroatoms. The van der Waals surface area contributed by atoms with Gasteiger partial charge in [0.15, 0.2) is 0 Å². The molecule has 5 aromatic rings. The SMILES string of the molecule is CCCCOc1ccc(Sc2ccc(-c3ccccc3C(O)c3cc(COCCCCCCO)ccc3OC)cc2S(=O)(=O)Oc2ccccc2)cc1. The lowest BCUT2D eigenvalue weighted by molar-refractivity contribution is 0.116. The van der Waals surface area contributed by atoms with Crippen molar-refractivity contribution in [3.05, 3.63) is 132 Å². The van der Waals surface area contributed by atoms with Crippen LogP contribution in [0.3, 0.4) is 0 Å². The summed E-state index contributed by atoms with van der Waals surface area (Å²) in [6.07, 6.45) is 4.59. The standard InChI is InChI=1S/C43H48O8S2/c1-3-4-28-50-34-20-22-36(23-21-34)52-41-25-19-33(30-42(41)53(46,47)51-35-14-8-7-9-15-35)37-16-10-11-17-38(37)43(45)39-29-32(18-24-40(39)48-2)31-49-27-13-6-5-12-26-44/h7-11,14-25,29-30,43-45H,3-6,12-13,26-28,31H2,1-2H3. The topological polar surface area (TPSA) is 112 Å². The number of benzene rings is 5. The molecule has 5 aromatic carbocycles. The molecule has 0 aliphatic rings. The number of rotatable bonds is 21. The second-order valence-corrected chi connectivity index (χ2v) is 15.2. The minimum atomic E-state index is -4.29.